The molecule has 0 aromatic heterocycles. The molecule has 1 saturated heterocycles. The van der Waals surface area contributed by atoms with Crippen molar-refractivity contribution in [1.82, 2.24) is 4.31 Å². The highest BCUT2D eigenvalue weighted by atomic mass is 32.2. The van der Waals surface area contributed by atoms with Crippen molar-refractivity contribution >= 4 is 10.0 Å². The van der Waals surface area contributed by atoms with E-state index < -0.39 is 10.0 Å². The summed E-state index contributed by atoms with van der Waals surface area (Å²) in [5.41, 5.74) is 1.93. The molecule has 140 valence electrons. The van der Waals surface area contributed by atoms with Gasteiger partial charge in [-0.05, 0) is 43.0 Å². The van der Waals surface area contributed by atoms with E-state index in [1.807, 2.05) is 37.3 Å². The number of aryl methyl sites for hydroxylation is 1. The maximum atomic E-state index is 13.1. The van der Waals surface area contributed by atoms with E-state index in [9.17, 15) is 12.8 Å². The molecule has 2 aromatic carbocycles. The SMILES string of the molecule is CC1CN(S(=O)(=O)CCCc2ccccc2)CC(c2ccc(F)cc2)O1. The van der Waals surface area contributed by atoms with Crippen LogP contribution in [0.2, 0.25) is 0 Å². The molecule has 1 aliphatic rings. The van der Waals surface area contributed by atoms with Crippen molar-refractivity contribution in [3.63, 3.8) is 0 Å². The van der Waals surface area contributed by atoms with E-state index in [1.165, 1.54) is 16.4 Å². The molecule has 2 atom stereocenters. The minimum Gasteiger partial charge on any atom is -0.368 e. The van der Waals surface area contributed by atoms with Gasteiger partial charge in [0.05, 0.1) is 18.0 Å². The van der Waals surface area contributed by atoms with Crippen molar-refractivity contribution in [2.75, 3.05) is 18.8 Å². The Labute approximate surface area is 154 Å². The Morgan fingerprint density at radius 3 is 2.46 bits per heavy atom. The molecule has 26 heavy (non-hydrogen) atoms. The highest BCUT2D eigenvalue weighted by Crippen LogP contribution is 2.27. The number of rotatable bonds is 6. The van der Waals surface area contributed by atoms with Gasteiger partial charge in [0.15, 0.2) is 0 Å². The Morgan fingerprint density at radius 1 is 1.08 bits per heavy atom. The van der Waals surface area contributed by atoms with E-state index in [4.69, 9.17) is 4.74 Å². The number of sulfonamides is 1. The first-order valence-electron chi connectivity index (χ1n) is 8.87. The number of ether oxygens (including phenoxy) is 1. The molecule has 0 N–H and O–H groups in total. The van der Waals surface area contributed by atoms with Gasteiger partial charge in [-0.2, -0.15) is 4.31 Å². The first kappa shape index (κ1) is 19.0. The monoisotopic (exact) mass is 377 g/mol. The van der Waals surface area contributed by atoms with E-state index in [0.29, 0.717) is 13.0 Å². The molecular formula is C20H24FNO3S. The van der Waals surface area contributed by atoms with Crippen LogP contribution in [0.15, 0.2) is 54.6 Å². The summed E-state index contributed by atoms with van der Waals surface area (Å²) in [4.78, 5) is 0. The van der Waals surface area contributed by atoms with E-state index in [1.54, 1.807) is 12.1 Å². The average molecular weight is 377 g/mol. The Bertz CT molecular complexity index is 809. The molecule has 1 heterocycles. The highest BCUT2D eigenvalue weighted by molar-refractivity contribution is 7.89. The Morgan fingerprint density at radius 2 is 1.77 bits per heavy atom. The van der Waals surface area contributed by atoms with E-state index >= 15 is 0 Å². The second-order valence-corrected chi connectivity index (χ2v) is 8.80. The van der Waals surface area contributed by atoms with Gasteiger partial charge in [0.1, 0.15) is 5.82 Å². The molecular weight excluding hydrogens is 353 g/mol. The smallest absolute Gasteiger partial charge is 0.214 e. The minimum atomic E-state index is -3.36. The number of hydrogen-bond donors (Lipinski definition) is 0. The van der Waals surface area contributed by atoms with Crippen LogP contribution >= 0.6 is 0 Å². The molecule has 4 nitrogen and oxygen atoms in total. The average Bonchev–Trinajstić information content (AvgIpc) is 2.62. The quantitative estimate of drug-likeness (QED) is 0.773. The van der Waals surface area contributed by atoms with Gasteiger partial charge in [-0.25, -0.2) is 12.8 Å². The van der Waals surface area contributed by atoms with Crippen molar-refractivity contribution in [3.05, 3.63) is 71.5 Å². The van der Waals surface area contributed by atoms with Crippen LogP contribution in [0, 0.1) is 5.82 Å². The third kappa shape index (κ3) is 4.90. The van der Waals surface area contributed by atoms with Gasteiger partial charge in [0.2, 0.25) is 10.0 Å². The molecule has 2 aromatic rings. The maximum Gasteiger partial charge on any atom is 0.214 e. The molecule has 3 rings (SSSR count). The Kier molecular flexibility index (Phi) is 6.06. The number of benzene rings is 2. The zero-order valence-corrected chi connectivity index (χ0v) is 15.7. The largest absolute Gasteiger partial charge is 0.368 e. The first-order chi connectivity index (χ1) is 12.4. The van der Waals surface area contributed by atoms with Gasteiger partial charge in [0.25, 0.3) is 0 Å². The number of hydrogen-bond acceptors (Lipinski definition) is 3. The van der Waals surface area contributed by atoms with Gasteiger partial charge < -0.3 is 4.74 Å². The predicted octanol–water partition coefficient (Wildman–Crippen LogP) is 3.55. The predicted molar refractivity (Wildman–Crippen MR) is 99.8 cm³/mol. The van der Waals surface area contributed by atoms with Crippen LogP contribution < -0.4 is 0 Å². The zero-order valence-electron chi connectivity index (χ0n) is 14.8. The summed E-state index contributed by atoms with van der Waals surface area (Å²) >= 11 is 0. The van der Waals surface area contributed by atoms with Crippen LogP contribution in [0.3, 0.4) is 0 Å². The summed E-state index contributed by atoms with van der Waals surface area (Å²) in [6, 6.07) is 15.9. The fourth-order valence-corrected chi connectivity index (χ4v) is 4.80. The van der Waals surface area contributed by atoms with E-state index in [-0.39, 0.29) is 30.3 Å². The van der Waals surface area contributed by atoms with Crippen molar-refractivity contribution in [2.24, 2.45) is 0 Å². The lowest BCUT2D eigenvalue weighted by Gasteiger charge is -2.36. The van der Waals surface area contributed by atoms with Gasteiger partial charge in [-0.3, -0.25) is 0 Å². The topological polar surface area (TPSA) is 46.6 Å². The molecule has 0 radical (unpaired) electrons. The lowest BCUT2D eigenvalue weighted by atomic mass is 10.1. The highest BCUT2D eigenvalue weighted by Gasteiger charge is 2.33. The molecule has 0 spiro atoms. The molecule has 6 heteroatoms. The second-order valence-electron chi connectivity index (χ2n) is 6.71. The van der Waals surface area contributed by atoms with Crippen LogP contribution in [0.25, 0.3) is 0 Å². The fraction of sp³-hybridized carbons (Fsp3) is 0.400. The van der Waals surface area contributed by atoms with Gasteiger partial charge >= 0.3 is 0 Å². The standard InChI is InChI=1S/C20H24FNO3S/c1-16-14-22(15-20(25-16)18-9-11-19(21)12-10-18)26(23,24)13-5-8-17-6-3-2-4-7-17/h2-4,6-7,9-12,16,20H,5,8,13-15H2,1H3. The zero-order chi connectivity index (χ0) is 18.6. The molecule has 1 aliphatic heterocycles. The van der Waals surface area contributed by atoms with Crippen LogP contribution in [0.4, 0.5) is 4.39 Å². The van der Waals surface area contributed by atoms with Gasteiger partial charge in [-0.15, -0.1) is 0 Å². The Hall–Kier alpha value is -1.76. The van der Waals surface area contributed by atoms with Crippen molar-refractivity contribution in [3.8, 4) is 0 Å². The normalized spacial score (nSPS) is 21.6. The van der Waals surface area contributed by atoms with Gasteiger partial charge in [0, 0.05) is 13.1 Å². The van der Waals surface area contributed by atoms with Crippen LogP contribution in [0.1, 0.15) is 30.6 Å². The van der Waals surface area contributed by atoms with Gasteiger partial charge in [-0.1, -0.05) is 42.5 Å². The third-order valence-electron chi connectivity index (χ3n) is 4.57. The van der Waals surface area contributed by atoms with E-state index in [2.05, 4.69) is 0 Å². The van der Waals surface area contributed by atoms with E-state index in [0.717, 1.165) is 17.5 Å². The summed E-state index contributed by atoms with van der Waals surface area (Å²) < 4.78 is 46.1. The van der Waals surface area contributed by atoms with Crippen LogP contribution in [0.5, 0.6) is 0 Å². The molecule has 0 amide bonds. The molecule has 0 aliphatic carbocycles. The summed E-state index contributed by atoms with van der Waals surface area (Å²) in [5.74, 6) is -0.201. The number of nitrogens with zero attached hydrogens (tertiary/aromatic N) is 1. The molecule has 0 saturated carbocycles. The molecule has 0 bridgehead atoms. The number of morpholine rings is 1. The summed E-state index contributed by atoms with van der Waals surface area (Å²) in [7, 11) is -3.36. The maximum absolute atomic E-state index is 13.1. The van der Waals surface area contributed by atoms with Crippen molar-refractivity contribution < 1.29 is 17.5 Å². The first-order valence-corrected chi connectivity index (χ1v) is 10.5. The lowest BCUT2D eigenvalue weighted by molar-refractivity contribution is -0.0557. The van der Waals surface area contributed by atoms with Crippen molar-refractivity contribution in [1.29, 1.82) is 0 Å². The molecule has 1 fully saturated rings. The third-order valence-corrected chi connectivity index (χ3v) is 6.46. The Balaban J connectivity index is 1.63. The summed E-state index contributed by atoms with van der Waals surface area (Å²) in [6.45, 7) is 2.48. The molecule has 2 unspecified atom stereocenters. The van der Waals surface area contributed by atoms with Crippen molar-refractivity contribution in [2.45, 2.75) is 32.0 Å². The fourth-order valence-electron chi connectivity index (χ4n) is 3.23. The second kappa shape index (κ2) is 8.29. The lowest BCUT2D eigenvalue weighted by Crippen LogP contribution is -2.46. The summed E-state index contributed by atoms with van der Waals surface area (Å²) in [5, 5.41) is 0. The summed E-state index contributed by atoms with van der Waals surface area (Å²) in [6.07, 6.45) is 0.742. The minimum absolute atomic E-state index is 0.116. The van der Waals surface area contributed by atoms with Crippen LogP contribution in [-0.4, -0.2) is 37.7 Å². The number of halogens is 1. The van der Waals surface area contributed by atoms with Crippen LogP contribution in [-0.2, 0) is 21.2 Å².